The Balaban J connectivity index is 2.19. The highest BCUT2D eigenvalue weighted by atomic mass is 32.2. The van der Waals surface area contributed by atoms with E-state index >= 15 is 0 Å². The van der Waals surface area contributed by atoms with Crippen LogP contribution in [0.25, 0.3) is 0 Å². The van der Waals surface area contributed by atoms with E-state index in [4.69, 9.17) is 5.73 Å². The predicted molar refractivity (Wildman–Crippen MR) is 79.6 cm³/mol. The molecule has 2 rings (SSSR count). The van der Waals surface area contributed by atoms with Crippen molar-refractivity contribution in [2.45, 2.75) is 24.9 Å². The lowest BCUT2D eigenvalue weighted by molar-refractivity contribution is 0.586. The Morgan fingerprint density at radius 1 is 1.29 bits per heavy atom. The van der Waals surface area contributed by atoms with Gasteiger partial charge in [0.1, 0.15) is 0 Å². The summed E-state index contributed by atoms with van der Waals surface area (Å²) in [5.41, 5.74) is 6.62. The Bertz CT molecular complexity index is 797. The summed E-state index contributed by atoms with van der Waals surface area (Å²) in [5.74, 6) is -0.161. The smallest absolute Gasteiger partial charge is 0.253 e. The molecule has 2 N–H and O–H groups in total. The van der Waals surface area contributed by atoms with Crippen LogP contribution < -0.4 is 11.3 Å². The van der Waals surface area contributed by atoms with Gasteiger partial charge in [0, 0.05) is 24.8 Å². The molecule has 0 bridgehead atoms. The minimum Gasteiger partial charge on any atom is -0.326 e. The van der Waals surface area contributed by atoms with E-state index < -0.39 is 9.84 Å². The summed E-state index contributed by atoms with van der Waals surface area (Å²) in [6.45, 7) is 2.06. The molecular weight excluding hydrogens is 290 g/mol. The van der Waals surface area contributed by atoms with Crippen LogP contribution >= 0.6 is 0 Å². The molecule has 1 aromatic heterocycles. The fraction of sp³-hybridized carbons (Fsp3) is 0.286. The highest BCUT2D eigenvalue weighted by molar-refractivity contribution is 7.91. The van der Waals surface area contributed by atoms with E-state index in [1.807, 2.05) is 0 Å². The zero-order valence-corrected chi connectivity index (χ0v) is 12.5. The van der Waals surface area contributed by atoms with Crippen LogP contribution in [0.3, 0.4) is 0 Å². The van der Waals surface area contributed by atoms with Gasteiger partial charge in [-0.05, 0) is 24.6 Å². The first-order valence-electron chi connectivity index (χ1n) is 6.47. The summed E-state index contributed by atoms with van der Waals surface area (Å²) in [6.07, 6.45) is 1.36. The number of nitrogens with zero attached hydrogens (tertiary/aromatic N) is 2. The Morgan fingerprint density at radius 3 is 2.71 bits per heavy atom. The fourth-order valence-corrected chi connectivity index (χ4v) is 3.18. The average molecular weight is 307 g/mol. The number of nitrogens with two attached hydrogens (primary N) is 1. The Morgan fingerprint density at radius 2 is 2.05 bits per heavy atom. The van der Waals surface area contributed by atoms with E-state index in [1.165, 1.54) is 23.0 Å². The quantitative estimate of drug-likeness (QED) is 0.867. The van der Waals surface area contributed by atoms with Crippen molar-refractivity contribution >= 4 is 9.84 Å². The second kappa shape index (κ2) is 6.19. The monoisotopic (exact) mass is 307 g/mol. The first-order chi connectivity index (χ1) is 9.92. The third-order valence-electron chi connectivity index (χ3n) is 3.11. The van der Waals surface area contributed by atoms with Gasteiger partial charge in [0.15, 0.2) is 9.84 Å². The maximum absolute atomic E-state index is 12.3. The van der Waals surface area contributed by atoms with Crippen molar-refractivity contribution in [1.29, 1.82) is 0 Å². The number of benzene rings is 1. The summed E-state index contributed by atoms with van der Waals surface area (Å²) in [6, 6.07) is 7.90. The molecular formula is C14H17N3O3S. The number of hydrogen-bond donors (Lipinski definition) is 1. The summed E-state index contributed by atoms with van der Waals surface area (Å²) in [4.78, 5) is 15.9. The number of sulfone groups is 1. The molecule has 0 aliphatic rings. The first kappa shape index (κ1) is 15.4. The van der Waals surface area contributed by atoms with Gasteiger partial charge in [0.25, 0.3) is 5.56 Å². The zero-order chi connectivity index (χ0) is 15.5. The molecule has 6 nitrogen and oxygen atoms in total. The largest absolute Gasteiger partial charge is 0.326 e. The maximum Gasteiger partial charge on any atom is 0.253 e. The van der Waals surface area contributed by atoms with Crippen molar-refractivity contribution < 1.29 is 8.42 Å². The molecule has 1 heterocycles. The molecule has 0 unspecified atom stereocenters. The van der Waals surface area contributed by atoms with Gasteiger partial charge in [0.05, 0.1) is 17.0 Å². The molecule has 0 amide bonds. The van der Waals surface area contributed by atoms with E-state index in [1.54, 1.807) is 25.1 Å². The molecule has 0 radical (unpaired) electrons. The molecule has 1 aromatic carbocycles. The third-order valence-corrected chi connectivity index (χ3v) is 4.80. The number of rotatable bonds is 5. The van der Waals surface area contributed by atoms with Crippen molar-refractivity contribution in [3.05, 3.63) is 58.3 Å². The molecule has 21 heavy (non-hydrogen) atoms. The van der Waals surface area contributed by atoms with Gasteiger partial charge in [-0.1, -0.05) is 12.1 Å². The summed E-state index contributed by atoms with van der Waals surface area (Å²) >= 11 is 0. The van der Waals surface area contributed by atoms with Crippen molar-refractivity contribution in [3.8, 4) is 0 Å². The van der Waals surface area contributed by atoms with Crippen LogP contribution in [0.4, 0.5) is 0 Å². The summed E-state index contributed by atoms with van der Waals surface area (Å²) < 4.78 is 25.8. The van der Waals surface area contributed by atoms with Gasteiger partial charge < -0.3 is 5.73 Å². The van der Waals surface area contributed by atoms with Crippen LogP contribution in [0.5, 0.6) is 0 Å². The van der Waals surface area contributed by atoms with E-state index in [-0.39, 0.29) is 29.3 Å². The van der Waals surface area contributed by atoms with Crippen molar-refractivity contribution in [2.24, 2.45) is 5.73 Å². The van der Waals surface area contributed by atoms with E-state index in [0.717, 1.165) is 5.56 Å². The predicted octanol–water partition coefficient (Wildman–Crippen LogP) is 0.484. The molecule has 0 atom stereocenters. The molecule has 0 saturated carbocycles. The third kappa shape index (κ3) is 3.77. The van der Waals surface area contributed by atoms with Gasteiger partial charge in [-0.15, -0.1) is 0 Å². The summed E-state index contributed by atoms with van der Waals surface area (Å²) in [7, 11) is -3.46. The van der Waals surface area contributed by atoms with E-state index in [9.17, 15) is 13.2 Å². The topological polar surface area (TPSA) is 95.0 Å². The van der Waals surface area contributed by atoms with Gasteiger partial charge in [0.2, 0.25) is 0 Å². The van der Waals surface area contributed by atoms with Crippen LogP contribution in [0.15, 0.2) is 46.3 Å². The number of aromatic nitrogens is 2. The molecule has 112 valence electrons. The molecule has 7 heteroatoms. The molecule has 0 aliphatic carbocycles. The molecule has 0 aliphatic heterocycles. The highest BCUT2D eigenvalue weighted by Crippen LogP contribution is 2.13. The van der Waals surface area contributed by atoms with Crippen LogP contribution in [0.2, 0.25) is 0 Å². The Hall–Kier alpha value is -1.99. The minimum atomic E-state index is -3.46. The highest BCUT2D eigenvalue weighted by Gasteiger charge is 2.15. The fourth-order valence-electron chi connectivity index (χ4n) is 1.89. The number of hydrogen-bond acceptors (Lipinski definition) is 5. The number of aryl methyl sites for hydroxylation is 2. The van der Waals surface area contributed by atoms with Crippen LogP contribution in [0.1, 0.15) is 11.3 Å². The van der Waals surface area contributed by atoms with Crippen molar-refractivity contribution in [1.82, 2.24) is 9.55 Å². The lowest BCUT2D eigenvalue weighted by atomic mass is 10.2. The van der Waals surface area contributed by atoms with Crippen LogP contribution in [-0.2, 0) is 22.9 Å². The maximum atomic E-state index is 12.3. The second-order valence-electron chi connectivity index (χ2n) is 4.73. The van der Waals surface area contributed by atoms with Gasteiger partial charge in [-0.25, -0.2) is 13.4 Å². The van der Waals surface area contributed by atoms with Crippen LogP contribution in [0, 0.1) is 6.92 Å². The van der Waals surface area contributed by atoms with Crippen molar-refractivity contribution in [2.75, 3.05) is 5.75 Å². The minimum absolute atomic E-state index is 0.0707. The van der Waals surface area contributed by atoms with Crippen molar-refractivity contribution in [3.63, 3.8) is 0 Å². The Kier molecular flexibility index (Phi) is 4.54. The average Bonchev–Trinajstić information content (AvgIpc) is 2.46. The zero-order valence-electron chi connectivity index (χ0n) is 11.7. The summed E-state index contributed by atoms with van der Waals surface area (Å²) in [5, 5.41) is 0. The molecule has 0 saturated heterocycles. The normalized spacial score (nSPS) is 11.5. The van der Waals surface area contributed by atoms with Gasteiger partial charge in [-0.3, -0.25) is 9.36 Å². The Labute approximate surface area is 123 Å². The van der Waals surface area contributed by atoms with Crippen LogP contribution in [-0.4, -0.2) is 23.7 Å². The lowest BCUT2D eigenvalue weighted by Gasteiger charge is -2.08. The molecule has 2 aromatic rings. The standard InChI is InChI=1S/C14H17N3O3S/c1-11-7-14(18)17(10-16-11)5-6-21(19,20)13-4-2-3-12(8-13)9-15/h2-4,7-8,10H,5-6,9,15H2,1H3. The second-order valence-corrected chi connectivity index (χ2v) is 6.84. The van der Waals surface area contributed by atoms with E-state index in [2.05, 4.69) is 4.98 Å². The van der Waals surface area contributed by atoms with Gasteiger partial charge in [-0.2, -0.15) is 0 Å². The SMILES string of the molecule is Cc1cc(=O)n(CCS(=O)(=O)c2cccc(CN)c2)cn1. The lowest BCUT2D eigenvalue weighted by Crippen LogP contribution is -2.24. The van der Waals surface area contributed by atoms with Gasteiger partial charge >= 0.3 is 0 Å². The molecule has 0 spiro atoms. The van der Waals surface area contributed by atoms with E-state index in [0.29, 0.717) is 5.69 Å². The first-order valence-corrected chi connectivity index (χ1v) is 8.12. The molecule has 0 fully saturated rings.